The van der Waals surface area contributed by atoms with Gasteiger partial charge in [-0.25, -0.2) is 0 Å². The van der Waals surface area contributed by atoms with E-state index in [1.165, 1.54) is 11.3 Å². The van der Waals surface area contributed by atoms with Gasteiger partial charge in [-0.05, 0) is 35.9 Å². The molecular formula is C16H21ClN2O. The monoisotopic (exact) mass is 292 g/mol. The van der Waals surface area contributed by atoms with Crippen molar-refractivity contribution in [1.82, 2.24) is 5.32 Å². The number of rotatable bonds is 6. The molecule has 1 N–H and O–H groups in total. The summed E-state index contributed by atoms with van der Waals surface area (Å²) in [5, 5.41) is 4.20. The lowest BCUT2D eigenvalue weighted by molar-refractivity contribution is 0.507. The minimum Gasteiger partial charge on any atom is -0.467 e. The Kier molecular flexibility index (Phi) is 5.10. The number of nitrogens with one attached hydrogen (secondary N) is 1. The molecule has 0 fully saturated rings. The first-order valence-corrected chi connectivity index (χ1v) is 7.19. The van der Waals surface area contributed by atoms with Crippen molar-refractivity contribution in [2.24, 2.45) is 0 Å². The first-order valence-electron chi connectivity index (χ1n) is 6.81. The number of halogens is 1. The maximum absolute atomic E-state index is 6.11. The molecule has 0 aliphatic heterocycles. The van der Waals surface area contributed by atoms with E-state index in [0.29, 0.717) is 6.04 Å². The average Bonchev–Trinajstić information content (AvgIpc) is 2.89. The predicted octanol–water partition coefficient (Wildman–Crippen LogP) is 4.07. The molecule has 0 atom stereocenters. The van der Waals surface area contributed by atoms with Gasteiger partial charge in [0.2, 0.25) is 0 Å². The second-order valence-electron chi connectivity index (χ2n) is 5.24. The van der Waals surface area contributed by atoms with Gasteiger partial charge in [0.15, 0.2) is 0 Å². The van der Waals surface area contributed by atoms with Crippen molar-refractivity contribution in [2.75, 3.05) is 11.9 Å². The molecule has 0 unspecified atom stereocenters. The van der Waals surface area contributed by atoms with Crippen LogP contribution in [-0.2, 0) is 13.1 Å². The highest BCUT2D eigenvalue weighted by Crippen LogP contribution is 2.25. The number of hydrogen-bond donors (Lipinski definition) is 1. The quantitative estimate of drug-likeness (QED) is 0.870. The average molecular weight is 293 g/mol. The van der Waals surface area contributed by atoms with E-state index in [-0.39, 0.29) is 0 Å². The number of hydrogen-bond acceptors (Lipinski definition) is 3. The fourth-order valence-corrected chi connectivity index (χ4v) is 2.30. The normalized spacial score (nSPS) is 11.1. The van der Waals surface area contributed by atoms with Crippen LogP contribution in [0, 0.1) is 0 Å². The van der Waals surface area contributed by atoms with E-state index in [1.807, 2.05) is 24.3 Å². The minimum absolute atomic E-state index is 0.442. The summed E-state index contributed by atoms with van der Waals surface area (Å²) in [5.74, 6) is 0.949. The fraction of sp³-hybridized carbons (Fsp3) is 0.375. The molecule has 108 valence electrons. The van der Waals surface area contributed by atoms with Crippen molar-refractivity contribution in [3.63, 3.8) is 0 Å². The number of nitrogens with zero attached hydrogens (tertiary/aromatic N) is 1. The van der Waals surface area contributed by atoms with Crippen molar-refractivity contribution >= 4 is 17.3 Å². The topological polar surface area (TPSA) is 28.4 Å². The van der Waals surface area contributed by atoms with E-state index in [4.69, 9.17) is 16.0 Å². The SMILES string of the molecule is CC(C)NCc1cc(Cl)ccc1N(C)Cc1ccco1. The van der Waals surface area contributed by atoms with Crippen LogP contribution in [0.25, 0.3) is 0 Å². The maximum Gasteiger partial charge on any atom is 0.123 e. The lowest BCUT2D eigenvalue weighted by Crippen LogP contribution is -2.24. The Morgan fingerprint density at radius 3 is 2.75 bits per heavy atom. The Morgan fingerprint density at radius 1 is 1.30 bits per heavy atom. The Morgan fingerprint density at radius 2 is 2.10 bits per heavy atom. The highest BCUT2D eigenvalue weighted by Gasteiger charge is 2.10. The maximum atomic E-state index is 6.11. The second-order valence-corrected chi connectivity index (χ2v) is 5.68. The van der Waals surface area contributed by atoms with Gasteiger partial charge >= 0.3 is 0 Å². The number of anilines is 1. The number of benzene rings is 1. The fourth-order valence-electron chi connectivity index (χ4n) is 2.10. The van der Waals surface area contributed by atoms with Gasteiger partial charge in [-0.3, -0.25) is 0 Å². The van der Waals surface area contributed by atoms with Crippen molar-refractivity contribution < 1.29 is 4.42 Å². The lowest BCUT2D eigenvalue weighted by Gasteiger charge is -2.22. The molecule has 0 aliphatic rings. The zero-order valence-electron chi connectivity index (χ0n) is 12.2. The first kappa shape index (κ1) is 14.9. The van der Waals surface area contributed by atoms with Crippen LogP contribution >= 0.6 is 11.6 Å². The summed E-state index contributed by atoms with van der Waals surface area (Å²) in [6.45, 7) is 5.81. The molecule has 2 aromatic rings. The molecule has 1 heterocycles. The molecule has 1 aromatic carbocycles. The standard InChI is InChI=1S/C16H21ClN2O/c1-12(2)18-10-13-9-14(17)6-7-16(13)19(3)11-15-5-4-8-20-15/h4-9,12,18H,10-11H2,1-3H3. The van der Waals surface area contributed by atoms with E-state index in [1.54, 1.807) is 6.26 Å². The summed E-state index contributed by atoms with van der Waals surface area (Å²) in [6.07, 6.45) is 1.70. The van der Waals surface area contributed by atoms with Crippen LogP contribution in [0.1, 0.15) is 25.2 Å². The molecule has 20 heavy (non-hydrogen) atoms. The van der Waals surface area contributed by atoms with Crippen molar-refractivity contribution in [1.29, 1.82) is 0 Å². The molecule has 0 spiro atoms. The van der Waals surface area contributed by atoms with Crippen LogP contribution in [0.3, 0.4) is 0 Å². The van der Waals surface area contributed by atoms with Gasteiger partial charge in [-0.2, -0.15) is 0 Å². The van der Waals surface area contributed by atoms with E-state index >= 15 is 0 Å². The highest BCUT2D eigenvalue weighted by atomic mass is 35.5. The smallest absolute Gasteiger partial charge is 0.123 e. The van der Waals surface area contributed by atoms with Crippen LogP contribution in [-0.4, -0.2) is 13.1 Å². The van der Waals surface area contributed by atoms with Crippen LogP contribution in [0.4, 0.5) is 5.69 Å². The molecule has 0 amide bonds. The van der Waals surface area contributed by atoms with Crippen LogP contribution in [0.2, 0.25) is 5.02 Å². The van der Waals surface area contributed by atoms with Crippen molar-refractivity contribution in [3.8, 4) is 0 Å². The first-order chi connectivity index (χ1) is 9.56. The summed E-state index contributed by atoms with van der Waals surface area (Å²) in [5.41, 5.74) is 2.36. The van der Waals surface area contributed by atoms with Gasteiger partial charge in [-0.1, -0.05) is 25.4 Å². The molecule has 1 aromatic heterocycles. The van der Waals surface area contributed by atoms with Gasteiger partial charge in [0.25, 0.3) is 0 Å². The molecule has 0 bridgehead atoms. The zero-order valence-corrected chi connectivity index (χ0v) is 12.9. The third-order valence-corrected chi connectivity index (χ3v) is 3.36. The van der Waals surface area contributed by atoms with Crippen molar-refractivity contribution in [2.45, 2.75) is 33.0 Å². The van der Waals surface area contributed by atoms with E-state index in [2.05, 4.69) is 37.2 Å². The van der Waals surface area contributed by atoms with E-state index in [9.17, 15) is 0 Å². The summed E-state index contributed by atoms with van der Waals surface area (Å²) >= 11 is 6.11. The second kappa shape index (κ2) is 6.82. The summed E-state index contributed by atoms with van der Waals surface area (Å²) in [7, 11) is 2.06. The third-order valence-electron chi connectivity index (χ3n) is 3.13. The van der Waals surface area contributed by atoms with E-state index in [0.717, 1.165) is 23.9 Å². The summed E-state index contributed by atoms with van der Waals surface area (Å²) < 4.78 is 5.40. The van der Waals surface area contributed by atoms with Gasteiger partial charge in [0.05, 0.1) is 12.8 Å². The molecule has 3 nitrogen and oxygen atoms in total. The molecule has 0 saturated heterocycles. The Bertz CT molecular complexity index is 537. The van der Waals surface area contributed by atoms with Gasteiger partial charge in [0.1, 0.15) is 5.76 Å². The van der Waals surface area contributed by atoms with Gasteiger partial charge in [0, 0.05) is 30.3 Å². The highest BCUT2D eigenvalue weighted by molar-refractivity contribution is 6.30. The molecule has 0 saturated carbocycles. The third kappa shape index (κ3) is 4.02. The van der Waals surface area contributed by atoms with E-state index < -0.39 is 0 Å². The summed E-state index contributed by atoms with van der Waals surface area (Å²) in [6, 6.07) is 10.3. The van der Waals surface area contributed by atoms with Crippen LogP contribution in [0.15, 0.2) is 41.0 Å². The van der Waals surface area contributed by atoms with Crippen LogP contribution < -0.4 is 10.2 Å². The van der Waals surface area contributed by atoms with Gasteiger partial charge < -0.3 is 14.6 Å². The van der Waals surface area contributed by atoms with Crippen LogP contribution in [0.5, 0.6) is 0 Å². The minimum atomic E-state index is 0.442. The predicted molar refractivity (Wildman–Crippen MR) is 84.2 cm³/mol. The Hall–Kier alpha value is -1.45. The van der Waals surface area contributed by atoms with Gasteiger partial charge in [-0.15, -0.1) is 0 Å². The zero-order chi connectivity index (χ0) is 14.5. The Balaban J connectivity index is 2.16. The number of furan rings is 1. The molecule has 4 heteroatoms. The summed E-state index contributed by atoms with van der Waals surface area (Å²) in [4.78, 5) is 2.17. The molecule has 2 rings (SSSR count). The largest absolute Gasteiger partial charge is 0.467 e. The Labute approximate surface area is 125 Å². The molecule has 0 aliphatic carbocycles. The van der Waals surface area contributed by atoms with Crippen molar-refractivity contribution in [3.05, 3.63) is 52.9 Å². The lowest BCUT2D eigenvalue weighted by atomic mass is 10.1. The molecule has 0 radical (unpaired) electrons. The molecular weight excluding hydrogens is 272 g/mol.